The second kappa shape index (κ2) is 5.45. The molecule has 3 nitrogen and oxygen atoms in total. The number of ether oxygens (including phenoxy) is 1. The molecule has 0 atom stereocenters. The van der Waals surface area contributed by atoms with Crippen LogP contribution < -0.4 is 10.5 Å². The van der Waals surface area contributed by atoms with Gasteiger partial charge in [-0.3, -0.25) is 4.79 Å². The van der Waals surface area contributed by atoms with E-state index in [9.17, 15) is 4.79 Å². The maximum atomic E-state index is 12.4. The normalized spacial score (nSPS) is 10.3. The van der Waals surface area contributed by atoms with Crippen LogP contribution in [0.25, 0.3) is 0 Å². The van der Waals surface area contributed by atoms with Gasteiger partial charge in [0.05, 0.1) is 11.6 Å². The summed E-state index contributed by atoms with van der Waals surface area (Å²) in [5.41, 5.74) is 8.46. The van der Waals surface area contributed by atoms with E-state index in [-0.39, 0.29) is 5.78 Å². The second-order valence-corrected chi connectivity index (χ2v) is 5.12. The Kier molecular flexibility index (Phi) is 3.90. The molecule has 0 aliphatic carbocycles. The second-order valence-electron chi connectivity index (χ2n) is 4.27. The Hall–Kier alpha value is -1.81. The first-order chi connectivity index (χ1) is 9.02. The Morgan fingerprint density at radius 2 is 1.95 bits per heavy atom. The molecule has 0 radical (unpaired) electrons. The van der Waals surface area contributed by atoms with E-state index in [1.807, 2.05) is 13.0 Å². The summed E-state index contributed by atoms with van der Waals surface area (Å²) >= 11 is 3.37. The molecule has 19 heavy (non-hydrogen) atoms. The summed E-state index contributed by atoms with van der Waals surface area (Å²) in [6.45, 7) is 1.93. The Morgan fingerprint density at radius 3 is 2.58 bits per heavy atom. The molecule has 0 aliphatic heterocycles. The van der Waals surface area contributed by atoms with Crippen molar-refractivity contribution in [2.24, 2.45) is 0 Å². The average molecular weight is 320 g/mol. The summed E-state index contributed by atoms with van der Waals surface area (Å²) in [4.78, 5) is 12.4. The number of nitrogens with two attached hydrogens (primary N) is 1. The lowest BCUT2D eigenvalue weighted by atomic mass is 10.00. The molecule has 0 amide bonds. The Morgan fingerprint density at radius 1 is 1.21 bits per heavy atom. The van der Waals surface area contributed by atoms with Crippen LogP contribution in [0.1, 0.15) is 21.5 Å². The van der Waals surface area contributed by atoms with Crippen molar-refractivity contribution in [3.63, 3.8) is 0 Å². The highest BCUT2D eigenvalue weighted by Gasteiger charge is 2.14. The number of anilines is 1. The number of hydrogen-bond acceptors (Lipinski definition) is 3. The minimum atomic E-state index is -0.0930. The molecule has 2 aromatic rings. The smallest absolute Gasteiger partial charge is 0.195 e. The lowest BCUT2D eigenvalue weighted by molar-refractivity contribution is 0.103. The summed E-state index contributed by atoms with van der Waals surface area (Å²) in [6, 6.07) is 10.7. The molecular weight excluding hydrogens is 306 g/mol. The molecule has 2 rings (SSSR count). The van der Waals surface area contributed by atoms with Gasteiger partial charge in [-0.15, -0.1) is 0 Å². The fraction of sp³-hybridized carbons (Fsp3) is 0.133. The van der Waals surface area contributed by atoms with E-state index in [2.05, 4.69) is 15.9 Å². The number of aryl methyl sites for hydroxylation is 1. The van der Waals surface area contributed by atoms with Crippen molar-refractivity contribution in [2.45, 2.75) is 6.92 Å². The highest BCUT2D eigenvalue weighted by Crippen LogP contribution is 2.27. The molecule has 0 aliphatic rings. The van der Waals surface area contributed by atoms with E-state index in [4.69, 9.17) is 10.5 Å². The first kappa shape index (κ1) is 13.6. The topological polar surface area (TPSA) is 52.3 Å². The van der Waals surface area contributed by atoms with Gasteiger partial charge in [0, 0.05) is 16.8 Å². The third-order valence-electron chi connectivity index (χ3n) is 2.87. The summed E-state index contributed by atoms with van der Waals surface area (Å²) in [5, 5.41) is 0. The van der Waals surface area contributed by atoms with Crippen LogP contribution >= 0.6 is 15.9 Å². The van der Waals surface area contributed by atoms with Crippen LogP contribution in [0, 0.1) is 6.92 Å². The maximum absolute atomic E-state index is 12.4. The minimum absolute atomic E-state index is 0.0930. The van der Waals surface area contributed by atoms with Crippen molar-refractivity contribution in [1.29, 1.82) is 0 Å². The molecule has 0 fully saturated rings. The van der Waals surface area contributed by atoms with Gasteiger partial charge in [0.15, 0.2) is 5.78 Å². The number of ketones is 1. The highest BCUT2D eigenvalue weighted by molar-refractivity contribution is 9.10. The number of carbonyl (C=O) groups is 1. The van der Waals surface area contributed by atoms with Crippen LogP contribution in [-0.2, 0) is 0 Å². The van der Waals surface area contributed by atoms with Gasteiger partial charge in [0.25, 0.3) is 0 Å². The molecule has 0 spiro atoms. The Labute approximate surface area is 120 Å². The van der Waals surface area contributed by atoms with Crippen LogP contribution in [0.15, 0.2) is 40.9 Å². The summed E-state index contributed by atoms with van der Waals surface area (Å²) in [7, 11) is 1.58. The Balaban J connectivity index is 2.44. The van der Waals surface area contributed by atoms with Gasteiger partial charge in [0.1, 0.15) is 5.75 Å². The molecule has 0 bridgehead atoms. The molecule has 0 saturated carbocycles. The van der Waals surface area contributed by atoms with Crippen molar-refractivity contribution in [3.8, 4) is 5.75 Å². The molecule has 0 aromatic heterocycles. The van der Waals surface area contributed by atoms with Gasteiger partial charge in [-0.25, -0.2) is 0 Å². The number of hydrogen-bond donors (Lipinski definition) is 1. The van der Waals surface area contributed by atoms with Crippen molar-refractivity contribution in [1.82, 2.24) is 0 Å². The fourth-order valence-corrected chi connectivity index (χ4v) is 2.37. The maximum Gasteiger partial charge on any atom is 0.195 e. The molecule has 98 valence electrons. The third kappa shape index (κ3) is 2.79. The van der Waals surface area contributed by atoms with Crippen molar-refractivity contribution in [2.75, 3.05) is 12.8 Å². The summed E-state index contributed by atoms with van der Waals surface area (Å²) in [5.74, 6) is 0.596. The molecular formula is C15H14BrNO2. The zero-order chi connectivity index (χ0) is 14.0. The van der Waals surface area contributed by atoms with Crippen LogP contribution in [0.3, 0.4) is 0 Å². The van der Waals surface area contributed by atoms with E-state index >= 15 is 0 Å². The van der Waals surface area contributed by atoms with Gasteiger partial charge in [-0.2, -0.15) is 0 Å². The SMILES string of the molecule is COc1ccc(C(=O)c2cc(C)ccc2N)cc1Br. The fourth-order valence-electron chi connectivity index (χ4n) is 1.83. The lowest BCUT2D eigenvalue weighted by Gasteiger charge is -2.08. The summed E-state index contributed by atoms with van der Waals surface area (Å²) in [6.07, 6.45) is 0. The molecule has 0 saturated heterocycles. The van der Waals surface area contributed by atoms with Crippen LogP contribution in [0.5, 0.6) is 5.75 Å². The van der Waals surface area contributed by atoms with Crippen molar-refractivity contribution >= 4 is 27.4 Å². The Bertz CT molecular complexity index is 638. The van der Waals surface area contributed by atoms with Crippen molar-refractivity contribution < 1.29 is 9.53 Å². The highest BCUT2D eigenvalue weighted by atomic mass is 79.9. The van der Waals surface area contributed by atoms with Gasteiger partial charge in [-0.05, 0) is 53.2 Å². The molecule has 4 heteroatoms. The van der Waals surface area contributed by atoms with Crippen LogP contribution in [0.4, 0.5) is 5.69 Å². The first-order valence-corrected chi connectivity index (χ1v) is 6.56. The quantitative estimate of drug-likeness (QED) is 0.695. The van der Waals surface area contributed by atoms with E-state index < -0.39 is 0 Å². The van der Waals surface area contributed by atoms with Crippen molar-refractivity contribution in [3.05, 3.63) is 57.6 Å². The number of nitrogen functional groups attached to an aromatic ring is 1. The molecule has 0 unspecified atom stereocenters. The minimum Gasteiger partial charge on any atom is -0.496 e. The largest absolute Gasteiger partial charge is 0.496 e. The predicted molar refractivity (Wildman–Crippen MR) is 79.7 cm³/mol. The first-order valence-electron chi connectivity index (χ1n) is 5.77. The molecule has 2 aromatic carbocycles. The zero-order valence-corrected chi connectivity index (χ0v) is 12.3. The third-order valence-corrected chi connectivity index (χ3v) is 3.49. The number of methoxy groups -OCH3 is 1. The van der Waals surface area contributed by atoms with Gasteiger partial charge in [-0.1, -0.05) is 11.6 Å². The number of benzene rings is 2. The van der Waals surface area contributed by atoms with Gasteiger partial charge >= 0.3 is 0 Å². The number of carbonyl (C=O) groups excluding carboxylic acids is 1. The van der Waals surface area contributed by atoms with E-state index in [0.29, 0.717) is 22.6 Å². The van der Waals surface area contributed by atoms with Gasteiger partial charge < -0.3 is 10.5 Å². The molecule has 2 N–H and O–H groups in total. The average Bonchev–Trinajstić information content (AvgIpc) is 2.40. The zero-order valence-electron chi connectivity index (χ0n) is 10.7. The summed E-state index contributed by atoms with van der Waals surface area (Å²) < 4.78 is 5.89. The standard InChI is InChI=1S/C15H14BrNO2/c1-9-3-5-13(17)11(7-9)15(18)10-4-6-14(19-2)12(16)8-10/h3-8H,17H2,1-2H3. The molecule has 0 heterocycles. The van der Waals surface area contributed by atoms with E-state index in [1.165, 1.54) is 0 Å². The van der Waals surface area contributed by atoms with E-state index in [0.717, 1.165) is 10.0 Å². The number of halogens is 1. The van der Waals surface area contributed by atoms with Crippen LogP contribution in [0.2, 0.25) is 0 Å². The van der Waals surface area contributed by atoms with Gasteiger partial charge in [0.2, 0.25) is 0 Å². The van der Waals surface area contributed by atoms with Crippen LogP contribution in [-0.4, -0.2) is 12.9 Å². The lowest BCUT2D eigenvalue weighted by Crippen LogP contribution is -2.06. The van der Waals surface area contributed by atoms with E-state index in [1.54, 1.807) is 37.4 Å². The predicted octanol–water partition coefficient (Wildman–Crippen LogP) is 3.58. The number of rotatable bonds is 3. The monoisotopic (exact) mass is 319 g/mol.